The predicted molar refractivity (Wildman–Crippen MR) is 91.7 cm³/mol. The van der Waals surface area contributed by atoms with E-state index in [2.05, 4.69) is 45.7 Å². The summed E-state index contributed by atoms with van der Waals surface area (Å²) in [5, 5.41) is 5.65. The lowest BCUT2D eigenvalue weighted by Gasteiger charge is -2.21. The molecule has 5 heteroatoms. The number of halogens is 1. The van der Waals surface area contributed by atoms with Gasteiger partial charge in [0.2, 0.25) is 0 Å². The van der Waals surface area contributed by atoms with Crippen LogP contribution in [-0.4, -0.2) is 20.8 Å². The minimum Gasteiger partial charge on any atom is -0.497 e. The van der Waals surface area contributed by atoms with Crippen LogP contribution in [0.4, 0.5) is 0 Å². The fourth-order valence-corrected chi connectivity index (χ4v) is 3.81. The Morgan fingerprint density at radius 2 is 2.05 bits per heavy atom. The highest BCUT2D eigenvalue weighted by atomic mass is 79.9. The van der Waals surface area contributed by atoms with Crippen molar-refractivity contribution in [3.63, 3.8) is 0 Å². The standard InChI is InChI=1S/C16H20BrNO2S/c1-4-18-15(9-13-7-11(17)10-21-13)14-8-12(19-2)5-6-16(14)20-3/h5-8,10,15,18H,4,9H2,1-3H3. The summed E-state index contributed by atoms with van der Waals surface area (Å²) in [6.07, 6.45) is 0.924. The predicted octanol–water partition coefficient (Wildman–Crippen LogP) is 4.42. The number of hydrogen-bond acceptors (Lipinski definition) is 4. The van der Waals surface area contributed by atoms with Gasteiger partial charge in [0.25, 0.3) is 0 Å². The molecule has 0 saturated heterocycles. The average Bonchev–Trinajstić information content (AvgIpc) is 2.91. The van der Waals surface area contributed by atoms with Crippen LogP contribution in [0.5, 0.6) is 11.5 Å². The second-order valence-corrected chi connectivity index (χ2v) is 6.56. The summed E-state index contributed by atoms with van der Waals surface area (Å²) in [4.78, 5) is 1.33. The first-order valence-corrected chi connectivity index (χ1v) is 8.53. The lowest BCUT2D eigenvalue weighted by atomic mass is 10.0. The van der Waals surface area contributed by atoms with E-state index in [4.69, 9.17) is 9.47 Å². The Bertz CT molecular complexity index is 585. The van der Waals surface area contributed by atoms with Crippen molar-refractivity contribution in [2.24, 2.45) is 0 Å². The monoisotopic (exact) mass is 369 g/mol. The van der Waals surface area contributed by atoms with Crippen LogP contribution in [-0.2, 0) is 6.42 Å². The molecule has 0 amide bonds. The molecule has 1 atom stereocenters. The quantitative estimate of drug-likeness (QED) is 0.783. The second kappa shape index (κ2) is 7.82. The van der Waals surface area contributed by atoms with Crippen molar-refractivity contribution in [3.8, 4) is 11.5 Å². The van der Waals surface area contributed by atoms with Crippen molar-refractivity contribution in [2.45, 2.75) is 19.4 Å². The van der Waals surface area contributed by atoms with Gasteiger partial charge in [-0.3, -0.25) is 0 Å². The first-order valence-electron chi connectivity index (χ1n) is 6.86. The average molecular weight is 370 g/mol. The maximum absolute atomic E-state index is 5.51. The molecule has 0 aliphatic rings. The lowest BCUT2D eigenvalue weighted by molar-refractivity contribution is 0.390. The van der Waals surface area contributed by atoms with Crippen LogP contribution in [0.3, 0.4) is 0 Å². The molecule has 0 saturated carbocycles. The largest absolute Gasteiger partial charge is 0.497 e. The number of ether oxygens (including phenoxy) is 2. The molecular formula is C16H20BrNO2S. The van der Waals surface area contributed by atoms with Crippen LogP contribution in [0.15, 0.2) is 34.1 Å². The molecule has 2 rings (SSSR count). The Kier molecular flexibility index (Phi) is 6.08. The Labute approximate surface area is 138 Å². The minimum atomic E-state index is 0.200. The molecule has 114 valence electrons. The number of likely N-dealkylation sites (N-methyl/N-ethyl adjacent to an activating group) is 1. The molecule has 0 fully saturated rings. The van der Waals surface area contributed by atoms with Gasteiger partial charge in [-0.25, -0.2) is 0 Å². The molecule has 1 aromatic carbocycles. The number of rotatable bonds is 7. The first kappa shape index (κ1) is 16.3. The zero-order valence-corrected chi connectivity index (χ0v) is 14.9. The molecule has 1 N–H and O–H groups in total. The summed E-state index contributed by atoms with van der Waals surface area (Å²) in [6, 6.07) is 8.30. The Morgan fingerprint density at radius 3 is 2.62 bits per heavy atom. The zero-order chi connectivity index (χ0) is 15.2. The van der Waals surface area contributed by atoms with Gasteiger partial charge in [-0.05, 0) is 46.7 Å². The maximum Gasteiger partial charge on any atom is 0.123 e. The molecule has 3 nitrogen and oxygen atoms in total. The van der Waals surface area contributed by atoms with E-state index < -0.39 is 0 Å². The highest BCUT2D eigenvalue weighted by Crippen LogP contribution is 2.33. The normalized spacial score (nSPS) is 12.2. The zero-order valence-electron chi connectivity index (χ0n) is 12.5. The van der Waals surface area contributed by atoms with Gasteiger partial charge in [-0.15, -0.1) is 11.3 Å². The second-order valence-electron chi connectivity index (χ2n) is 4.65. The summed E-state index contributed by atoms with van der Waals surface area (Å²) in [6.45, 7) is 3.02. The van der Waals surface area contributed by atoms with Gasteiger partial charge < -0.3 is 14.8 Å². The summed E-state index contributed by atoms with van der Waals surface area (Å²) in [5.74, 6) is 1.73. The van der Waals surface area contributed by atoms with E-state index in [1.807, 2.05) is 12.1 Å². The van der Waals surface area contributed by atoms with Gasteiger partial charge in [-0.1, -0.05) is 6.92 Å². The summed E-state index contributed by atoms with van der Waals surface area (Å²) < 4.78 is 12.0. The van der Waals surface area contributed by atoms with Crippen molar-refractivity contribution in [2.75, 3.05) is 20.8 Å². The Morgan fingerprint density at radius 1 is 1.24 bits per heavy atom. The highest BCUT2D eigenvalue weighted by molar-refractivity contribution is 9.10. The minimum absolute atomic E-state index is 0.200. The van der Waals surface area contributed by atoms with Gasteiger partial charge in [-0.2, -0.15) is 0 Å². The number of benzene rings is 1. The van der Waals surface area contributed by atoms with E-state index in [0.29, 0.717) is 0 Å². The molecular weight excluding hydrogens is 350 g/mol. The SMILES string of the molecule is CCNC(Cc1cc(Br)cs1)c1cc(OC)ccc1OC. The van der Waals surface area contributed by atoms with Crippen molar-refractivity contribution in [3.05, 3.63) is 44.6 Å². The van der Waals surface area contributed by atoms with Crippen LogP contribution in [0, 0.1) is 0 Å². The van der Waals surface area contributed by atoms with Gasteiger partial charge in [0.1, 0.15) is 11.5 Å². The van der Waals surface area contributed by atoms with Crippen molar-refractivity contribution in [1.82, 2.24) is 5.32 Å². The van der Waals surface area contributed by atoms with E-state index in [-0.39, 0.29) is 6.04 Å². The third-order valence-corrected chi connectivity index (χ3v) is 5.01. The molecule has 21 heavy (non-hydrogen) atoms. The van der Waals surface area contributed by atoms with Crippen molar-refractivity contribution < 1.29 is 9.47 Å². The maximum atomic E-state index is 5.51. The Balaban J connectivity index is 2.31. The highest BCUT2D eigenvalue weighted by Gasteiger charge is 2.17. The van der Waals surface area contributed by atoms with Crippen LogP contribution in [0.25, 0.3) is 0 Å². The first-order chi connectivity index (χ1) is 10.2. The van der Waals surface area contributed by atoms with Gasteiger partial charge in [0, 0.05) is 32.8 Å². The molecule has 1 aromatic heterocycles. The summed E-state index contributed by atoms with van der Waals surface area (Å²) >= 11 is 5.28. The number of hydrogen-bond donors (Lipinski definition) is 1. The number of methoxy groups -OCH3 is 2. The molecule has 0 bridgehead atoms. The fourth-order valence-electron chi connectivity index (χ4n) is 2.31. The van der Waals surface area contributed by atoms with Crippen LogP contribution in [0.1, 0.15) is 23.4 Å². The molecule has 1 unspecified atom stereocenters. The molecule has 1 heterocycles. The number of nitrogens with one attached hydrogen (secondary N) is 1. The van der Waals surface area contributed by atoms with Crippen LogP contribution < -0.4 is 14.8 Å². The smallest absolute Gasteiger partial charge is 0.123 e. The molecule has 0 radical (unpaired) electrons. The van der Waals surface area contributed by atoms with Crippen molar-refractivity contribution >= 4 is 27.3 Å². The third kappa shape index (κ3) is 4.22. The molecule has 0 aliphatic heterocycles. The van der Waals surface area contributed by atoms with E-state index in [0.717, 1.165) is 34.5 Å². The molecule has 0 aliphatic carbocycles. The van der Waals surface area contributed by atoms with Gasteiger partial charge in [0.05, 0.1) is 14.2 Å². The molecule has 2 aromatic rings. The van der Waals surface area contributed by atoms with Gasteiger partial charge >= 0.3 is 0 Å². The van der Waals surface area contributed by atoms with E-state index in [9.17, 15) is 0 Å². The van der Waals surface area contributed by atoms with Crippen molar-refractivity contribution in [1.29, 1.82) is 0 Å². The van der Waals surface area contributed by atoms with Gasteiger partial charge in [0.15, 0.2) is 0 Å². The lowest BCUT2D eigenvalue weighted by Crippen LogP contribution is -2.23. The van der Waals surface area contributed by atoms with E-state index >= 15 is 0 Å². The van der Waals surface area contributed by atoms with E-state index in [1.54, 1.807) is 25.6 Å². The summed E-state index contributed by atoms with van der Waals surface area (Å²) in [7, 11) is 3.39. The van der Waals surface area contributed by atoms with Crippen LogP contribution in [0.2, 0.25) is 0 Å². The topological polar surface area (TPSA) is 30.5 Å². The molecule has 0 spiro atoms. The third-order valence-electron chi connectivity index (χ3n) is 3.29. The summed E-state index contributed by atoms with van der Waals surface area (Å²) in [5.41, 5.74) is 1.13. The van der Waals surface area contributed by atoms with Crippen LogP contribution >= 0.6 is 27.3 Å². The number of thiophene rings is 1. The van der Waals surface area contributed by atoms with E-state index in [1.165, 1.54) is 4.88 Å². The fraction of sp³-hybridized carbons (Fsp3) is 0.375. The Hall–Kier alpha value is -1.04.